The highest BCUT2D eigenvalue weighted by Gasteiger charge is 2.28. The molecule has 0 spiro atoms. The van der Waals surface area contributed by atoms with E-state index in [1.165, 1.54) is 0 Å². The van der Waals surface area contributed by atoms with Gasteiger partial charge < -0.3 is 11.1 Å². The number of aromatic nitrogens is 3. The molecular formula is C14H17N5O2. The van der Waals surface area contributed by atoms with E-state index in [0.29, 0.717) is 23.4 Å². The molecule has 1 aromatic heterocycles. The van der Waals surface area contributed by atoms with E-state index in [0.717, 1.165) is 17.5 Å². The fraction of sp³-hybridized carbons (Fsp3) is 0.429. The predicted molar refractivity (Wildman–Crippen MR) is 77.5 cm³/mol. The second-order valence-corrected chi connectivity index (χ2v) is 5.37. The summed E-state index contributed by atoms with van der Waals surface area (Å²) in [4.78, 5) is 24.0. The van der Waals surface area contributed by atoms with Gasteiger partial charge in [-0.2, -0.15) is 0 Å². The van der Waals surface area contributed by atoms with Crippen LogP contribution in [0.2, 0.25) is 0 Å². The van der Waals surface area contributed by atoms with Gasteiger partial charge in [-0.3, -0.25) is 9.59 Å². The van der Waals surface area contributed by atoms with Gasteiger partial charge in [0.1, 0.15) is 12.1 Å². The molecule has 21 heavy (non-hydrogen) atoms. The number of hydrogen-bond donors (Lipinski definition) is 2. The molecule has 3 rings (SSSR count). The average molecular weight is 287 g/mol. The Morgan fingerprint density at radius 2 is 2.19 bits per heavy atom. The Morgan fingerprint density at radius 1 is 1.43 bits per heavy atom. The Labute approximate surface area is 121 Å². The number of carbonyl (C=O) groups excluding carboxylic acids is 1. The number of nitrogens with one attached hydrogen (secondary N) is 1. The van der Waals surface area contributed by atoms with Crippen molar-refractivity contribution in [2.75, 3.05) is 6.54 Å². The zero-order chi connectivity index (χ0) is 14.8. The summed E-state index contributed by atoms with van der Waals surface area (Å²) >= 11 is 0. The molecule has 1 saturated carbocycles. The fourth-order valence-corrected chi connectivity index (χ4v) is 2.24. The molecule has 110 valence electrons. The molecule has 0 saturated heterocycles. The monoisotopic (exact) mass is 287 g/mol. The van der Waals surface area contributed by atoms with Crippen LogP contribution in [0.15, 0.2) is 29.1 Å². The van der Waals surface area contributed by atoms with Gasteiger partial charge in [0, 0.05) is 12.6 Å². The Morgan fingerprint density at radius 3 is 2.95 bits per heavy atom. The van der Waals surface area contributed by atoms with Crippen LogP contribution >= 0.6 is 0 Å². The van der Waals surface area contributed by atoms with Crippen molar-refractivity contribution in [2.45, 2.75) is 25.4 Å². The van der Waals surface area contributed by atoms with Crippen molar-refractivity contribution in [1.29, 1.82) is 0 Å². The summed E-state index contributed by atoms with van der Waals surface area (Å²) in [6.45, 7) is 0.285. The van der Waals surface area contributed by atoms with Crippen LogP contribution in [-0.2, 0) is 11.3 Å². The van der Waals surface area contributed by atoms with Crippen molar-refractivity contribution in [3.8, 4) is 0 Å². The summed E-state index contributed by atoms with van der Waals surface area (Å²) in [6.07, 6.45) is 2.26. The summed E-state index contributed by atoms with van der Waals surface area (Å²) < 4.78 is 1.07. The van der Waals surface area contributed by atoms with Crippen molar-refractivity contribution < 1.29 is 4.79 Å². The topological polar surface area (TPSA) is 103 Å². The first-order valence-electron chi connectivity index (χ1n) is 7.00. The van der Waals surface area contributed by atoms with E-state index in [-0.39, 0.29) is 24.1 Å². The van der Waals surface area contributed by atoms with Gasteiger partial charge in [0.15, 0.2) is 0 Å². The lowest BCUT2D eigenvalue weighted by Crippen LogP contribution is -2.41. The molecule has 3 N–H and O–H groups in total. The molecule has 1 atom stereocenters. The van der Waals surface area contributed by atoms with Crippen molar-refractivity contribution in [3.05, 3.63) is 34.6 Å². The van der Waals surface area contributed by atoms with E-state index >= 15 is 0 Å². The lowest BCUT2D eigenvalue weighted by atomic mass is 10.2. The highest BCUT2D eigenvalue weighted by Crippen LogP contribution is 2.31. The normalized spacial score (nSPS) is 15.9. The van der Waals surface area contributed by atoms with Crippen molar-refractivity contribution in [1.82, 2.24) is 20.3 Å². The van der Waals surface area contributed by atoms with Crippen LogP contribution in [0.5, 0.6) is 0 Å². The number of carbonyl (C=O) groups is 1. The van der Waals surface area contributed by atoms with Gasteiger partial charge in [-0.05, 0) is 30.9 Å². The zero-order valence-electron chi connectivity index (χ0n) is 11.5. The zero-order valence-corrected chi connectivity index (χ0v) is 11.5. The fourth-order valence-electron chi connectivity index (χ4n) is 2.24. The van der Waals surface area contributed by atoms with E-state index in [1.54, 1.807) is 24.3 Å². The van der Waals surface area contributed by atoms with E-state index < -0.39 is 0 Å². The van der Waals surface area contributed by atoms with Crippen LogP contribution in [0, 0.1) is 5.92 Å². The van der Waals surface area contributed by atoms with Crippen molar-refractivity contribution in [3.63, 3.8) is 0 Å². The first-order chi connectivity index (χ1) is 10.1. The Hall–Kier alpha value is -2.28. The number of amides is 1. The molecule has 1 fully saturated rings. The second-order valence-electron chi connectivity index (χ2n) is 5.37. The molecule has 0 aliphatic heterocycles. The SMILES string of the molecule is NC(CNC(=O)Cn1nnc2ccccc2c1=O)C1CC1. The van der Waals surface area contributed by atoms with Gasteiger partial charge in [-0.25, -0.2) is 4.68 Å². The predicted octanol–water partition coefficient (Wildman–Crippen LogP) is -0.355. The molecule has 0 radical (unpaired) electrons. The highest BCUT2D eigenvalue weighted by atomic mass is 16.2. The number of hydrogen-bond acceptors (Lipinski definition) is 5. The third-order valence-electron chi connectivity index (χ3n) is 3.69. The summed E-state index contributed by atoms with van der Waals surface area (Å²) in [5.41, 5.74) is 6.12. The van der Waals surface area contributed by atoms with Crippen LogP contribution in [0.3, 0.4) is 0 Å². The van der Waals surface area contributed by atoms with E-state index in [2.05, 4.69) is 15.6 Å². The van der Waals surface area contributed by atoms with Crippen LogP contribution in [0.25, 0.3) is 10.9 Å². The molecule has 1 unspecified atom stereocenters. The molecule has 2 aromatic rings. The van der Waals surface area contributed by atoms with Crippen LogP contribution in [0.1, 0.15) is 12.8 Å². The van der Waals surface area contributed by atoms with Gasteiger partial charge in [-0.15, -0.1) is 5.10 Å². The quantitative estimate of drug-likeness (QED) is 0.782. The van der Waals surface area contributed by atoms with E-state index in [9.17, 15) is 9.59 Å². The molecule has 0 bridgehead atoms. The van der Waals surface area contributed by atoms with Crippen molar-refractivity contribution >= 4 is 16.8 Å². The van der Waals surface area contributed by atoms with Crippen LogP contribution in [-0.4, -0.2) is 33.5 Å². The maximum Gasteiger partial charge on any atom is 0.278 e. The van der Waals surface area contributed by atoms with Crippen molar-refractivity contribution in [2.24, 2.45) is 11.7 Å². The average Bonchev–Trinajstić information content (AvgIpc) is 3.33. The summed E-state index contributed by atoms with van der Waals surface area (Å²) in [7, 11) is 0. The third kappa shape index (κ3) is 3.08. The maximum absolute atomic E-state index is 12.2. The molecule has 1 aliphatic carbocycles. The minimum atomic E-state index is -0.317. The summed E-state index contributed by atoms with van der Waals surface area (Å²) in [5, 5.41) is 10.9. The van der Waals surface area contributed by atoms with Gasteiger partial charge in [0.2, 0.25) is 5.91 Å². The lowest BCUT2D eigenvalue weighted by molar-refractivity contribution is -0.122. The standard InChI is InChI=1S/C14H17N5O2/c15-11(9-5-6-9)7-16-13(20)8-19-14(21)10-3-1-2-4-12(10)17-18-19/h1-4,9,11H,5-8,15H2,(H,16,20). The number of benzene rings is 1. The smallest absolute Gasteiger partial charge is 0.278 e. The molecule has 7 nitrogen and oxygen atoms in total. The first-order valence-corrected chi connectivity index (χ1v) is 7.00. The van der Waals surface area contributed by atoms with Gasteiger partial charge in [0.25, 0.3) is 5.56 Å². The minimum absolute atomic E-state index is 0.00615. The number of fused-ring (bicyclic) bond motifs is 1. The Kier molecular flexibility index (Phi) is 3.66. The molecule has 1 heterocycles. The molecular weight excluding hydrogens is 270 g/mol. The minimum Gasteiger partial charge on any atom is -0.353 e. The maximum atomic E-state index is 12.2. The second kappa shape index (κ2) is 5.61. The number of nitrogens with two attached hydrogens (primary N) is 1. The largest absolute Gasteiger partial charge is 0.353 e. The first kappa shape index (κ1) is 13.7. The summed E-state index contributed by atoms with van der Waals surface area (Å²) in [6, 6.07) is 6.91. The van der Waals surface area contributed by atoms with Gasteiger partial charge in [-0.1, -0.05) is 17.3 Å². The van der Waals surface area contributed by atoms with Gasteiger partial charge in [0.05, 0.1) is 5.39 Å². The van der Waals surface area contributed by atoms with Gasteiger partial charge >= 0.3 is 0 Å². The highest BCUT2D eigenvalue weighted by molar-refractivity contribution is 5.78. The molecule has 1 aromatic carbocycles. The van der Waals surface area contributed by atoms with Crippen LogP contribution < -0.4 is 16.6 Å². The number of rotatable bonds is 5. The number of nitrogens with zero attached hydrogens (tertiary/aromatic N) is 3. The molecule has 7 heteroatoms. The summed E-state index contributed by atoms with van der Waals surface area (Å²) in [5.74, 6) is 0.242. The third-order valence-corrected chi connectivity index (χ3v) is 3.69. The van der Waals surface area contributed by atoms with E-state index in [4.69, 9.17) is 5.73 Å². The Bertz CT molecular complexity index is 723. The Balaban J connectivity index is 1.68. The lowest BCUT2D eigenvalue weighted by Gasteiger charge is -2.11. The van der Waals surface area contributed by atoms with E-state index in [1.807, 2.05) is 0 Å². The van der Waals surface area contributed by atoms with Crippen LogP contribution in [0.4, 0.5) is 0 Å². The molecule has 1 amide bonds. The molecule has 1 aliphatic rings.